The molecule has 1 rings (SSSR count). The van der Waals surface area contributed by atoms with E-state index in [0.29, 0.717) is 17.0 Å². The summed E-state index contributed by atoms with van der Waals surface area (Å²) in [5.74, 6) is -1.36. The molecule has 1 aromatic heterocycles. The highest BCUT2D eigenvalue weighted by atomic mass is 32.2. The number of aromatic nitrogens is 1. The van der Waals surface area contributed by atoms with Gasteiger partial charge in [-0.15, -0.1) is 0 Å². The number of carboxylic acid groups (broad SMARTS) is 1. The summed E-state index contributed by atoms with van der Waals surface area (Å²) >= 11 is 0. The highest BCUT2D eigenvalue weighted by molar-refractivity contribution is 7.92. The summed E-state index contributed by atoms with van der Waals surface area (Å²) in [6, 6.07) is 0. The van der Waals surface area contributed by atoms with Crippen molar-refractivity contribution in [1.82, 2.24) is 5.16 Å². The van der Waals surface area contributed by atoms with Gasteiger partial charge >= 0.3 is 5.97 Å². The first-order valence-electron chi connectivity index (χ1n) is 4.97. The molecule has 17 heavy (non-hydrogen) atoms. The van der Waals surface area contributed by atoms with E-state index >= 15 is 0 Å². The topological polar surface area (TPSA) is 97.5 Å². The second-order valence-corrected chi connectivity index (χ2v) is 6.92. The molecular weight excluding hydrogens is 246 g/mol. The van der Waals surface area contributed by atoms with E-state index in [0.717, 1.165) is 0 Å². The molecule has 0 aliphatic carbocycles. The smallest absolute Gasteiger partial charge is 0.324 e. The molecule has 0 aliphatic heterocycles. The van der Waals surface area contributed by atoms with Crippen molar-refractivity contribution in [3.05, 3.63) is 17.0 Å². The van der Waals surface area contributed by atoms with Crippen molar-refractivity contribution in [2.75, 3.05) is 0 Å². The number of carbonyl (C=O) groups is 1. The van der Waals surface area contributed by atoms with Crippen molar-refractivity contribution in [1.29, 1.82) is 0 Å². The number of aryl methyl sites for hydroxylation is 2. The molecule has 1 heterocycles. The molecule has 0 amide bonds. The van der Waals surface area contributed by atoms with Gasteiger partial charge in [0.2, 0.25) is 0 Å². The molecule has 1 N–H and O–H groups in total. The predicted octanol–water partition coefficient (Wildman–Crippen LogP) is 1.07. The summed E-state index contributed by atoms with van der Waals surface area (Å²) in [6.07, 6.45) is 0. The first-order chi connectivity index (χ1) is 7.59. The van der Waals surface area contributed by atoms with Crippen LogP contribution in [0, 0.1) is 13.8 Å². The normalized spacial score (nSPS) is 12.7. The minimum Gasteiger partial charge on any atom is -0.480 e. The predicted molar refractivity (Wildman–Crippen MR) is 60.3 cm³/mol. The Morgan fingerprint density at radius 3 is 2.29 bits per heavy atom. The second-order valence-electron chi connectivity index (χ2n) is 4.38. The second kappa shape index (κ2) is 4.14. The highest BCUT2D eigenvalue weighted by Crippen LogP contribution is 2.24. The van der Waals surface area contributed by atoms with Crippen LogP contribution in [0.2, 0.25) is 0 Å². The van der Waals surface area contributed by atoms with Gasteiger partial charge < -0.3 is 9.63 Å². The summed E-state index contributed by atoms with van der Waals surface area (Å²) < 4.78 is 27.1. The molecule has 0 saturated carbocycles. The Balaban J connectivity index is 3.16. The van der Waals surface area contributed by atoms with Gasteiger partial charge in [0.15, 0.2) is 14.6 Å². The van der Waals surface area contributed by atoms with Gasteiger partial charge in [0.05, 0.1) is 11.4 Å². The van der Waals surface area contributed by atoms with Crippen molar-refractivity contribution in [2.24, 2.45) is 0 Å². The maximum atomic E-state index is 12.0. The van der Waals surface area contributed by atoms with Crippen LogP contribution in [0.3, 0.4) is 0 Å². The molecule has 0 bridgehead atoms. The number of hydrogen-bond acceptors (Lipinski definition) is 5. The quantitative estimate of drug-likeness (QED) is 0.870. The number of sulfone groups is 1. The molecular formula is C10H15NO5S. The van der Waals surface area contributed by atoms with Gasteiger partial charge in [-0.2, -0.15) is 0 Å². The molecule has 0 aliphatic rings. The Labute approximate surface area is 99.5 Å². The lowest BCUT2D eigenvalue weighted by Gasteiger charge is -2.19. The van der Waals surface area contributed by atoms with E-state index in [1.165, 1.54) is 13.8 Å². The van der Waals surface area contributed by atoms with Gasteiger partial charge in [0.1, 0.15) is 5.76 Å². The van der Waals surface area contributed by atoms with Crippen molar-refractivity contribution in [2.45, 2.75) is 38.2 Å². The maximum absolute atomic E-state index is 12.0. The summed E-state index contributed by atoms with van der Waals surface area (Å²) in [6.45, 7) is 5.55. The third kappa shape index (κ3) is 2.33. The molecule has 96 valence electrons. The van der Waals surface area contributed by atoms with E-state index in [1.54, 1.807) is 13.8 Å². The fourth-order valence-corrected chi connectivity index (χ4v) is 2.63. The Bertz CT molecular complexity index is 522. The Hall–Kier alpha value is -1.37. The fourth-order valence-electron chi connectivity index (χ4n) is 1.21. The van der Waals surface area contributed by atoms with Crippen molar-refractivity contribution >= 4 is 15.8 Å². The van der Waals surface area contributed by atoms with Gasteiger partial charge in [-0.25, -0.2) is 8.42 Å². The molecule has 0 fully saturated rings. The zero-order chi connectivity index (χ0) is 13.4. The van der Waals surface area contributed by atoms with E-state index in [-0.39, 0.29) is 5.75 Å². The van der Waals surface area contributed by atoms with Crippen LogP contribution in [-0.2, 0) is 20.4 Å². The van der Waals surface area contributed by atoms with E-state index in [2.05, 4.69) is 5.16 Å². The molecule has 0 atom stereocenters. The molecule has 1 aromatic rings. The van der Waals surface area contributed by atoms with Crippen LogP contribution in [0.5, 0.6) is 0 Å². The third-order valence-corrected chi connectivity index (χ3v) is 5.21. The number of hydrogen-bond donors (Lipinski definition) is 1. The van der Waals surface area contributed by atoms with Crippen LogP contribution in [0.4, 0.5) is 0 Å². The number of carboxylic acids is 1. The average Bonchev–Trinajstić information content (AvgIpc) is 2.48. The molecule has 0 unspecified atom stereocenters. The largest absolute Gasteiger partial charge is 0.480 e. The maximum Gasteiger partial charge on any atom is 0.324 e. The lowest BCUT2D eigenvalue weighted by molar-refractivity contribution is -0.139. The van der Waals surface area contributed by atoms with Gasteiger partial charge in [-0.1, -0.05) is 5.16 Å². The van der Waals surface area contributed by atoms with Crippen LogP contribution in [0.15, 0.2) is 4.52 Å². The van der Waals surface area contributed by atoms with Gasteiger partial charge in [-0.05, 0) is 27.7 Å². The minimum absolute atomic E-state index is 0.381. The van der Waals surface area contributed by atoms with Crippen LogP contribution in [0.1, 0.15) is 30.9 Å². The monoisotopic (exact) mass is 261 g/mol. The Morgan fingerprint density at radius 2 is 1.94 bits per heavy atom. The van der Waals surface area contributed by atoms with Crippen molar-refractivity contribution in [3.63, 3.8) is 0 Å². The van der Waals surface area contributed by atoms with E-state index < -0.39 is 20.6 Å². The van der Waals surface area contributed by atoms with Crippen LogP contribution >= 0.6 is 0 Å². The van der Waals surface area contributed by atoms with Crippen molar-refractivity contribution < 1.29 is 22.8 Å². The van der Waals surface area contributed by atoms with E-state index in [9.17, 15) is 13.2 Å². The average molecular weight is 261 g/mol. The summed E-state index contributed by atoms with van der Waals surface area (Å²) in [5, 5.41) is 12.6. The zero-order valence-electron chi connectivity index (χ0n) is 10.1. The van der Waals surface area contributed by atoms with Gasteiger partial charge in [0, 0.05) is 5.56 Å². The summed E-state index contributed by atoms with van der Waals surface area (Å²) in [4.78, 5) is 10.9. The molecule has 0 radical (unpaired) electrons. The summed E-state index contributed by atoms with van der Waals surface area (Å²) in [7, 11) is -3.83. The number of nitrogens with zero attached hydrogens (tertiary/aromatic N) is 1. The fraction of sp³-hybridized carbons (Fsp3) is 0.600. The highest BCUT2D eigenvalue weighted by Gasteiger charge is 2.42. The van der Waals surface area contributed by atoms with Gasteiger partial charge in [0.25, 0.3) is 0 Å². The first kappa shape index (κ1) is 13.7. The first-order valence-corrected chi connectivity index (χ1v) is 6.62. The zero-order valence-corrected chi connectivity index (χ0v) is 11.0. The molecule has 0 spiro atoms. The van der Waals surface area contributed by atoms with Crippen LogP contribution in [0.25, 0.3) is 0 Å². The molecule has 7 heteroatoms. The number of aliphatic carboxylic acids is 1. The Kier molecular flexibility index (Phi) is 3.33. The lowest BCUT2D eigenvalue weighted by atomic mass is 10.2. The SMILES string of the molecule is Cc1noc(C)c1CS(=O)(=O)C(C)(C)C(=O)O. The molecule has 0 saturated heterocycles. The van der Waals surface area contributed by atoms with E-state index in [4.69, 9.17) is 9.63 Å². The van der Waals surface area contributed by atoms with E-state index in [1.807, 2.05) is 0 Å². The van der Waals surface area contributed by atoms with Gasteiger partial charge in [-0.3, -0.25) is 4.79 Å². The van der Waals surface area contributed by atoms with Crippen LogP contribution < -0.4 is 0 Å². The molecule has 0 aromatic carbocycles. The standard InChI is InChI=1S/C10H15NO5S/c1-6-8(7(2)16-11-6)5-17(14,15)10(3,4)9(12)13/h5H2,1-4H3,(H,12,13). The Morgan fingerprint density at radius 1 is 1.41 bits per heavy atom. The lowest BCUT2D eigenvalue weighted by Crippen LogP contribution is -2.41. The molecule has 6 nitrogen and oxygen atoms in total. The number of rotatable bonds is 4. The minimum atomic E-state index is -3.83. The summed E-state index contributed by atoms with van der Waals surface area (Å²) in [5.41, 5.74) is 0.895. The van der Waals surface area contributed by atoms with Crippen LogP contribution in [-0.4, -0.2) is 29.4 Å². The third-order valence-electron chi connectivity index (χ3n) is 2.81. The van der Waals surface area contributed by atoms with Crippen molar-refractivity contribution in [3.8, 4) is 0 Å².